The first-order valence-electron chi connectivity index (χ1n) is 8.44. The molecular formula is C20H21FN2O2. The summed E-state index contributed by atoms with van der Waals surface area (Å²) in [6.07, 6.45) is 1.10. The van der Waals surface area contributed by atoms with Gasteiger partial charge >= 0.3 is 0 Å². The molecule has 5 heteroatoms. The summed E-state index contributed by atoms with van der Waals surface area (Å²) in [5.41, 5.74) is 2.94. The summed E-state index contributed by atoms with van der Waals surface area (Å²) in [7, 11) is 0. The highest BCUT2D eigenvalue weighted by atomic mass is 19.1. The lowest BCUT2D eigenvalue weighted by Gasteiger charge is -2.17. The normalized spacial score (nSPS) is 17.0. The maximum atomic E-state index is 13.6. The Morgan fingerprint density at radius 2 is 1.96 bits per heavy atom. The number of nitrogens with zero attached hydrogens (tertiary/aromatic N) is 1. The predicted molar refractivity (Wildman–Crippen MR) is 96.0 cm³/mol. The third-order valence-electron chi connectivity index (χ3n) is 4.59. The molecule has 0 saturated carbocycles. The maximum absolute atomic E-state index is 13.6. The van der Waals surface area contributed by atoms with Gasteiger partial charge in [-0.2, -0.15) is 0 Å². The molecule has 2 amide bonds. The number of rotatable bonds is 4. The average molecular weight is 340 g/mol. The van der Waals surface area contributed by atoms with Crippen LogP contribution >= 0.6 is 0 Å². The van der Waals surface area contributed by atoms with E-state index in [1.807, 2.05) is 24.3 Å². The van der Waals surface area contributed by atoms with Gasteiger partial charge in [0.05, 0.1) is 5.92 Å². The minimum absolute atomic E-state index is 0.0699. The van der Waals surface area contributed by atoms with Crippen molar-refractivity contribution >= 4 is 23.2 Å². The molecule has 1 aliphatic heterocycles. The molecule has 2 aromatic rings. The van der Waals surface area contributed by atoms with E-state index in [0.717, 1.165) is 12.1 Å². The molecule has 0 aromatic heterocycles. The van der Waals surface area contributed by atoms with Gasteiger partial charge < -0.3 is 10.2 Å². The van der Waals surface area contributed by atoms with Gasteiger partial charge in [0, 0.05) is 24.3 Å². The molecule has 25 heavy (non-hydrogen) atoms. The molecule has 0 unspecified atom stereocenters. The quantitative estimate of drug-likeness (QED) is 0.923. The van der Waals surface area contributed by atoms with Crippen molar-refractivity contribution in [3.8, 4) is 0 Å². The molecule has 4 nitrogen and oxygen atoms in total. The lowest BCUT2D eigenvalue weighted by molar-refractivity contribution is -0.122. The van der Waals surface area contributed by atoms with Gasteiger partial charge in [0.15, 0.2) is 0 Å². The molecule has 1 saturated heterocycles. The molecule has 130 valence electrons. The Kier molecular flexibility index (Phi) is 4.83. The molecule has 0 spiro atoms. The highest BCUT2D eigenvalue weighted by Crippen LogP contribution is 2.26. The fourth-order valence-electron chi connectivity index (χ4n) is 2.96. The van der Waals surface area contributed by atoms with Crippen molar-refractivity contribution in [2.24, 2.45) is 5.92 Å². The first-order valence-corrected chi connectivity index (χ1v) is 8.44. The number of nitrogens with one attached hydrogen (secondary N) is 1. The Labute approximate surface area is 146 Å². The van der Waals surface area contributed by atoms with Gasteiger partial charge in [-0.05, 0) is 48.7 Å². The van der Waals surface area contributed by atoms with Gasteiger partial charge in [0.25, 0.3) is 0 Å². The summed E-state index contributed by atoms with van der Waals surface area (Å²) in [5.74, 6) is -1.13. The molecule has 0 radical (unpaired) electrons. The van der Waals surface area contributed by atoms with E-state index < -0.39 is 5.92 Å². The van der Waals surface area contributed by atoms with Crippen LogP contribution in [0.1, 0.15) is 24.5 Å². The summed E-state index contributed by atoms with van der Waals surface area (Å²) < 4.78 is 13.6. The molecule has 1 N–H and O–H groups in total. The fourth-order valence-corrected chi connectivity index (χ4v) is 2.96. The molecule has 1 atom stereocenters. The lowest BCUT2D eigenvalue weighted by Crippen LogP contribution is -2.28. The zero-order valence-corrected chi connectivity index (χ0v) is 14.4. The Morgan fingerprint density at radius 3 is 2.60 bits per heavy atom. The smallest absolute Gasteiger partial charge is 0.229 e. The first kappa shape index (κ1) is 17.1. The minimum atomic E-state index is -0.442. The molecule has 1 heterocycles. The van der Waals surface area contributed by atoms with Crippen molar-refractivity contribution in [2.75, 3.05) is 16.8 Å². The molecule has 0 bridgehead atoms. The van der Waals surface area contributed by atoms with E-state index in [1.54, 1.807) is 24.0 Å². The van der Waals surface area contributed by atoms with E-state index in [2.05, 4.69) is 12.2 Å². The van der Waals surface area contributed by atoms with Crippen LogP contribution in [0.3, 0.4) is 0 Å². The van der Waals surface area contributed by atoms with Gasteiger partial charge in [0.1, 0.15) is 5.82 Å². The van der Waals surface area contributed by atoms with Crippen LogP contribution in [0.4, 0.5) is 15.8 Å². The summed E-state index contributed by atoms with van der Waals surface area (Å²) in [5, 5.41) is 2.70. The number of halogens is 1. The standard InChI is InChI=1S/C20H21FN2O2/c1-3-14-5-8-17(9-6-14)23-12-15(10-19(23)24)20(25)22-16-7-4-13(2)18(21)11-16/h4-9,11,15H,3,10,12H2,1-2H3,(H,22,25)/t15-/m1/s1. The second kappa shape index (κ2) is 7.05. The monoisotopic (exact) mass is 340 g/mol. The van der Waals surface area contributed by atoms with Crippen molar-refractivity contribution in [1.82, 2.24) is 0 Å². The van der Waals surface area contributed by atoms with Crippen molar-refractivity contribution in [3.05, 3.63) is 59.4 Å². The third-order valence-corrected chi connectivity index (χ3v) is 4.59. The van der Waals surface area contributed by atoms with Crippen LogP contribution in [0.5, 0.6) is 0 Å². The number of carbonyl (C=O) groups is 2. The number of anilines is 2. The second-order valence-electron chi connectivity index (χ2n) is 6.38. The highest BCUT2D eigenvalue weighted by molar-refractivity contribution is 6.03. The maximum Gasteiger partial charge on any atom is 0.229 e. The van der Waals surface area contributed by atoms with Crippen molar-refractivity contribution in [1.29, 1.82) is 0 Å². The van der Waals surface area contributed by atoms with Crippen molar-refractivity contribution in [2.45, 2.75) is 26.7 Å². The van der Waals surface area contributed by atoms with Crippen LogP contribution < -0.4 is 10.2 Å². The van der Waals surface area contributed by atoms with Crippen LogP contribution in [-0.4, -0.2) is 18.4 Å². The van der Waals surface area contributed by atoms with E-state index >= 15 is 0 Å². The number of aryl methyl sites for hydroxylation is 2. The van der Waals surface area contributed by atoms with E-state index in [9.17, 15) is 14.0 Å². The number of hydrogen-bond acceptors (Lipinski definition) is 2. The third kappa shape index (κ3) is 3.71. The van der Waals surface area contributed by atoms with Gasteiger partial charge in [-0.25, -0.2) is 4.39 Å². The highest BCUT2D eigenvalue weighted by Gasteiger charge is 2.35. The zero-order valence-electron chi connectivity index (χ0n) is 14.4. The van der Waals surface area contributed by atoms with E-state index in [4.69, 9.17) is 0 Å². The second-order valence-corrected chi connectivity index (χ2v) is 6.38. The Bertz CT molecular complexity index is 802. The Balaban J connectivity index is 1.68. The molecule has 3 rings (SSSR count). The van der Waals surface area contributed by atoms with Crippen molar-refractivity contribution < 1.29 is 14.0 Å². The predicted octanol–water partition coefficient (Wildman–Crippen LogP) is 3.69. The number of hydrogen-bond donors (Lipinski definition) is 1. The lowest BCUT2D eigenvalue weighted by atomic mass is 10.1. The van der Waals surface area contributed by atoms with Gasteiger partial charge in [-0.1, -0.05) is 25.1 Å². The minimum Gasteiger partial charge on any atom is -0.326 e. The largest absolute Gasteiger partial charge is 0.326 e. The molecule has 1 fully saturated rings. The number of carbonyl (C=O) groups excluding carboxylic acids is 2. The van der Waals surface area contributed by atoms with Crippen LogP contribution in [0.15, 0.2) is 42.5 Å². The van der Waals surface area contributed by atoms with Crippen LogP contribution in [0.25, 0.3) is 0 Å². The zero-order chi connectivity index (χ0) is 18.0. The molecule has 0 aliphatic carbocycles. The van der Waals surface area contributed by atoms with E-state index in [0.29, 0.717) is 17.8 Å². The summed E-state index contributed by atoms with van der Waals surface area (Å²) in [6, 6.07) is 12.4. The van der Waals surface area contributed by atoms with Gasteiger partial charge in [0.2, 0.25) is 11.8 Å². The number of amides is 2. The average Bonchev–Trinajstić information content (AvgIpc) is 3.00. The topological polar surface area (TPSA) is 49.4 Å². The van der Waals surface area contributed by atoms with Crippen LogP contribution in [0, 0.1) is 18.7 Å². The molecule has 1 aliphatic rings. The Morgan fingerprint density at radius 1 is 1.24 bits per heavy atom. The van der Waals surface area contributed by atoms with E-state index in [1.165, 1.54) is 11.6 Å². The summed E-state index contributed by atoms with van der Waals surface area (Å²) in [6.45, 7) is 4.08. The van der Waals surface area contributed by atoms with Gasteiger partial charge in [-0.3, -0.25) is 9.59 Å². The Hall–Kier alpha value is -2.69. The van der Waals surface area contributed by atoms with Crippen LogP contribution in [-0.2, 0) is 16.0 Å². The van der Waals surface area contributed by atoms with Crippen LogP contribution in [0.2, 0.25) is 0 Å². The summed E-state index contributed by atoms with van der Waals surface area (Å²) in [4.78, 5) is 26.3. The fraction of sp³-hybridized carbons (Fsp3) is 0.300. The van der Waals surface area contributed by atoms with Gasteiger partial charge in [-0.15, -0.1) is 0 Å². The van der Waals surface area contributed by atoms with Crippen molar-refractivity contribution in [3.63, 3.8) is 0 Å². The van der Waals surface area contributed by atoms with E-state index in [-0.39, 0.29) is 24.1 Å². The molecule has 2 aromatic carbocycles. The number of benzene rings is 2. The summed E-state index contributed by atoms with van der Waals surface area (Å²) >= 11 is 0. The SMILES string of the molecule is CCc1ccc(N2C[C@H](C(=O)Nc3ccc(C)c(F)c3)CC2=O)cc1. The molecular weight excluding hydrogens is 319 g/mol. The first-order chi connectivity index (χ1) is 12.0.